The molecule has 0 aromatic heterocycles. The van der Waals surface area contributed by atoms with Crippen LogP contribution in [0.3, 0.4) is 0 Å². The third kappa shape index (κ3) is 4.49. The van der Waals surface area contributed by atoms with Gasteiger partial charge in [0.2, 0.25) is 5.91 Å². The molecule has 9 heteroatoms. The van der Waals surface area contributed by atoms with Crippen molar-refractivity contribution in [2.24, 2.45) is 5.92 Å². The van der Waals surface area contributed by atoms with E-state index in [1.54, 1.807) is 0 Å². The fourth-order valence-electron chi connectivity index (χ4n) is 2.42. The number of amides is 2. The van der Waals surface area contributed by atoms with Crippen LogP contribution in [0.2, 0.25) is 0 Å². The lowest BCUT2D eigenvalue weighted by molar-refractivity contribution is -0.384. The summed E-state index contributed by atoms with van der Waals surface area (Å²) in [5, 5.41) is 28.6. The predicted molar refractivity (Wildman–Crippen MR) is 85.4 cm³/mol. The zero-order chi connectivity index (χ0) is 17.7. The van der Waals surface area contributed by atoms with Crippen molar-refractivity contribution in [3.63, 3.8) is 0 Å². The number of carbonyl (C=O) groups is 2. The van der Waals surface area contributed by atoms with Crippen LogP contribution in [0.25, 0.3) is 0 Å². The van der Waals surface area contributed by atoms with E-state index in [4.69, 9.17) is 0 Å². The number of nitrogens with one attached hydrogen (secondary N) is 3. The molecule has 24 heavy (non-hydrogen) atoms. The van der Waals surface area contributed by atoms with E-state index >= 15 is 0 Å². The minimum Gasteiger partial charge on any atom is -0.391 e. The van der Waals surface area contributed by atoms with Gasteiger partial charge >= 0.3 is 0 Å². The minimum absolute atomic E-state index is 0.0615. The Morgan fingerprint density at radius 2 is 2.21 bits per heavy atom. The van der Waals surface area contributed by atoms with Crippen molar-refractivity contribution < 1.29 is 19.6 Å². The fraction of sp³-hybridized carbons (Fsp3) is 0.467. The van der Waals surface area contributed by atoms with Gasteiger partial charge in [-0.05, 0) is 13.0 Å². The van der Waals surface area contributed by atoms with Crippen molar-refractivity contribution in [2.75, 3.05) is 19.6 Å². The van der Waals surface area contributed by atoms with Crippen molar-refractivity contribution in [2.45, 2.75) is 19.1 Å². The lowest BCUT2D eigenvalue weighted by Gasteiger charge is -2.17. The van der Waals surface area contributed by atoms with Crippen LogP contribution in [0.1, 0.15) is 17.3 Å². The quantitative estimate of drug-likeness (QED) is 0.405. The number of hydrogen-bond acceptors (Lipinski definition) is 6. The minimum atomic E-state index is -0.803. The Morgan fingerprint density at radius 1 is 1.46 bits per heavy atom. The van der Waals surface area contributed by atoms with Gasteiger partial charge in [-0.3, -0.25) is 19.7 Å². The van der Waals surface area contributed by atoms with E-state index < -0.39 is 23.0 Å². The molecule has 4 N–H and O–H groups in total. The molecule has 3 atom stereocenters. The Balaban J connectivity index is 1.87. The zero-order valence-electron chi connectivity index (χ0n) is 13.2. The summed E-state index contributed by atoms with van der Waals surface area (Å²) < 4.78 is 0. The van der Waals surface area contributed by atoms with Crippen LogP contribution in [0.4, 0.5) is 5.69 Å². The summed E-state index contributed by atoms with van der Waals surface area (Å²) in [5.41, 5.74) is -0.0817. The predicted octanol–water partition coefficient (Wildman–Crippen LogP) is -0.590. The van der Waals surface area contributed by atoms with Gasteiger partial charge in [-0.15, -0.1) is 0 Å². The highest BCUT2D eigenvalue weighted by molar-refractivity contribution is 5.97. The molecular weight excluding hydrogens is 316 g/mol. The van der Waals surface area contributed by atoms with Gasteiger partial charge in [0.15, 0.2) is 0 Å². The van der Waals surface area contributed by atoms with Crippen LogP contribution in [-0.4, -0.2) is 53.6 Å². The number of rotatable bonds is 6. The number of β-amino-alcohol motifs (C(OH)–C–C–N with tert-alkyl or cyclic N) is 1. The van der Waals surface area contributed by atoms with Gasteiger partial charge in [-0.1, -0.05) is 6.07 Å². The molecule has 2 amide bonds. The van der Waals surface area contributed by atoms with Crippen molar-refractivity contribution in [1.82, 2.24) is 16.0 Å². The number of aliphatic hydroxyl groups is 1. The average molecular weight is 336 g/mol. The van der Waals surface area contributed by atoms with Gasteiger partial charge < -0.3 is 21.1 Å². The summed E-state index contributed by atoms with van der Waals surface area (Å²) in [5.74, 6) is -1.01. The molecule has 3 unspecified atom stereocenters. The number of benzene rings is 1. The highest BCUT2D eigenvalue weighted by atomic mass is 16.6. The molecule has 0 spiro atoms. The molecular formula is C15H20N4O5. The summed E-state index contributed by atoms with van der Waals surface area (Å²) in [7, 11) is 0. The van der Waals surface area contributed by atoms with Gasteiger partial charge in [-0.25, -0.2) is 0 Å². The molecule has 1 aliphatic heterocycles. The first-order valence-electron chi connectivity index (χ1n) is 7.60. The molecule has 130 valence electrons. The van der Waals surface area contributed by atoms with Crippen LogP contribution < -0.4 is 16.0 Å². The SMILES string of the molecule is CC(NC(=O)c1cccc([N+](=O)[O-])c1)C(=O)NCC1CNCC1O. The van der Waals surface area contributed by atoms with Crippen LogP contribution in [0, 0.1) is 16.0 Å². The van der Waals surface area contributed by atoms with Crippen molar-refractivity contribution in [3.05, 3.63) is 39.9 Å². The molecule has 1 aliphatic rings. The maximum Gasteiger partial charge on any atom is 0.270 e. The normalized spacial score (nSPS) is 21.1. The maximum absolute atomic E-state index is 12.1. The molecule has 2 rings (SSSR count). The molecule has 0 aliphatic carbocycles. The second kappa shape index (κ2) is 7.84. The van der Waals surface area contributed by atoms with Crippen LogP contribution in [0.5, 0.6) is 0 Å². The van der Waals surface area contributed by atoms with Crippen molar-refractivity contribution in [3.8, 4) is 0 Å². The Kier molecular flexibility index (Phi) is 5.83. The monoisotopic (exact) mass is 336 g/mol. The van der Waals surface area contributed by atoms with E-state index in [2.05, 4.69) is 16.0 Å². The number of aliphatic hydroxyl groups excluding tert-OH is 1. The largest absolute Gasteiger partial charge is 0.391 e. The smallest absolute Gasteiger partial charge is 0.270 e. The third-order valence-corrected chi connectivity index (χ3v) is 3.90. The van der Waals surface area contributed by atoms with Crippen molar-refractivity contribution >= 4 is 17.5 Å². The third-order valence-electron chi connectivity index (χ3n) is 3.90. The number of nitro benzene ring substituents is 1. The van der Waals surface area contributed by atoms with E-state index in [0.29, 0.717) is 19.6 Å². The summed E-state index contributed by atoms with van der Waals surface area (Å²) in [6.45, 7) is 2.95. The molecule has 0 radical (unpaired) electrons. The van der Waals surface area contributed by atoms with Crippen LogP contribution in [0.15, 0.2) is 24.3 Å². The first-order valence-corrected chi connectivity index (χ1v) is 7.60. The lowest BCUT2D eigenvalue weighted by Crippen LogP contribution is -2.46. The molecule has 9 nitrogen and oxygen atoms in total. The summed E-state index contributed by atoms with van der Waals surface area (Å²) in [6, 6.07) is 4.48. The number of nitro groups is 1. The Morgan fingerprint density at radius 3 is 2.83 bits per heavy atom. The average Bonchev–Trinajstić information content (AvgIpc) is 2.97. The molecule has 0 bridgehead atoms. The first-order chi connectivity index (χ1) is 11.4. The molecule has 0 saturated carbocycles. The molecule has 1 heterocycles. The van der Waals surface area contributed by atoms with Crippen LogP contribution >= 0.6 is 0 Å². The van der Waals surface area contributed by atoms with E-state index in [-0.39, 0.29) is 23.1 Å². The Hall–Kier alpha value is -2.52. The Bertz CT molecular complexity index is 636. The fourth-order valence-corrected chi connectivity index (χ4v) is 2.42. The van der Waals surface area contributed by atoms with Crippen molar-refractivity contribution in [1.29, 1.82) is 0 Å². The number of carbonyl (C=O) groups excluding carboxylic acids is 2. The number of nitrogens with zero attached hydrogens (tertiary/aromatic N) is 1. The summed E-state index contributed by atoms with van der Waals surface area (Å²) in [6.07, 6.45) is -0.500. The number of hydrogen-bond donors (Lipinski definition) is 4. The second-order valence-electron chi connectivity index (χ2n) is 5.73. The van der Waals surface area contributed by atoms with Gasteiger partial charge in [-0.2, -0.15) is 0 Å². The van der Waals surface area contributed by atoms with Gasteiger partial charge in [0, 0.05) is 43.2 Å². The highest BCUT2D eigenvalue weighted by Gasteiger charge is 2.26. The first kappa shape index (κ1) is 17.8. The van der Waals surface area contributed by atoms with E-state index in [0.717, 1.165) is 6.07 Å². The highest BCUT2D eigenvalue weighted by Crippen LogP contribution is 2.13. The van der Waals surface area contributed by atoms with E-state index in [1.807, 2.05) is 0 Å². The number of non-ortho nitro benzene ring substituents is 1. The standard InChI is InChI=1S/C15H20N4O5/c1-9(14(21)17-7-11-6-16-8-13(11)20)18-15(22)10-3-2-4-12(5-10)19(23)24/h2-5,9,11,13,16,20H,6-8H2,1H3,(H,17,21)(H,18,22). The second-order valence-corrected chi connectivity index (χ2v) is 5.73. The van der Waals surface area contributed by atoms with Gasteiger partial charge in [0.1, 0.15) is 6.04 Å². The van der Waals surface area contributed by atoms with Gasteiger partial charge in [0.05, 0.1) is 11.0 Å². The molecule has 1 fully saturated rings. The van der Waals surface area contributed by atoms with E-state index in [9.17, 15) is 24.8 Å². The maximum atomic E-state index is 12.1. The Labute approximate surface area is 138 Å². The molecule has 1 aromatic carbocycles. The summed E-state index contributed by atoms with van der Waals surface area (Å²) in [4.78, 5) is 34.2. The topological polar surface area (TPSA) is 134 Å². The van der Waals surface area contributed by atoms with Crippen LogP contribution in [-0.2, 0) is 4.79 Å². The van der Waals surface area contributed by atoms with E-state index in [1.165, 1.54) is 25.1 Å². The lowest BCUT2D eigenvalue weighted by atomic mass is 10.1. The summed E-state index contributed by atoms with van der Waals surface area (Å²) >= 11 is 0. The molecule has 1 aromatic rings. The molecule has 1 saturated heterocycles. The van der Waals surface area contributed by atoms with Gasteiger partial charge in [0.25, 0.3) is 11.6 Å². The zero-order valence-corrected chi connectivity index (χ0v) is 13.2.